The van der Waals surface area contributed by atoms with E-state index in [4.69, 9.17) is 5.73 Å². The van der Waals surface area contributed by atoms with Crippen LogP contribution in [0.1, 0.15) is 5.56 Å². The van der Waals surface area contributed by atoms with Gasteiger partial charge in [-0.25, -0.2) is 9.98 Å². The molecule has 0 unspecified atom stereocenters. The maximum absolute atomic E-state index is 11.5. The summed E-state index contributed by atoms with van der Waals surface area (Å²) in [5.41, 5.74) is 8.28. The average Bonchev–Trinajstić information content (AvgIpc) is 2.89. The van der Waals surface area contributed by atoms with Crippen LogP contribution in [0.15, 0.2) is 45.2 Å². The van der Waals surface area contributed by atoms with Crippen molar-refractivity contribution < 1.29 is 4.79 Å². The van der Waals surface area contributed by atoms with Crippen LogP contribution in [0.5, 0.6) is 0 Å². The summed E-state index contributed by atoms with van der Waals surface area (Å²) >= 11 is 0. The molecule has 2 aliphatic rings. The first-order chi connectivity index (χ1) is 8.24. The Morgan fingerprint density at radius 2 is 2.18 bits per heavy atom. The predicted octanol–water partition coefficient (Wildman–Crippen LogP) is 0.192. The van der Waals surface area contributed by atoms with Crippen molar-refractivity contribution in [2.75, 3.05) is 0 Å². The normalized spacial score (nSPS) is 18.2. The molecule has 0 saturated carbocycles. The van der Waals surface area contributed by atoms with Crippen LogP contribution >= 0.6 is 0 Å². The fourth-order valence-electron chi connectivity index (χ4n) is 1.81. The Kier molecular flexibility index (Phi) is 2.01. The fourth-order valence-corrected chi connectivity index (χ4v) is 1.81. The zero-order valence-corrected chi connectivity index (χ0v) is 8.84. The summed E-state index contributed by atoms with van der Waals surface area (Å²) in [6.07, 6.45) is 6.04. The lowest BCUT2D eigenvalue weighted by molar-refractivity contribution is -0.111. The minimum atomic E-state index is -0.423. The fraction of sp³-hybridized carbons (Fsp3) is 0.0909. The van der Waals surface area contributed by atoms with Crippen molar-refractivity contribution in [1.82, 2.24) is 4.98 Å². The van der Waals surface area contributed by atoms with E-state index in [1.807, 2.05) is 18.5 Å². The molecular weight excluding hydrogens is 218 g/mol. The Balaban J connectivity index is 1.91. The number of carbonyl (C=O) groups is 1. The Morgan fingerprint density at radius 1 is 1.29 bits per heavy atom. The summed E-state index contributed by atoms with van der Waals surface area (Å²) in [7, 11) is 0. The number of H-pyrrole nitrogens is 1. The molecule has 0 aromatic carbocycles. The minimum absolute atomic E-state index is 0.00850. The maximum atomic E-state index is 11.5. The lowest BCUT2D eigenvalue weighted by atomic mass is 10.0. The summed E-state index contributed by atoms with van der Waals surface area (Å²) < 4.78 is 0. The van der Waals surface area contributed by atoms with Crippen molar-refractivity contribution in [1.29, 1.82) is 0 Å². The zero-order chi connectivity index (χ0) is 11.8. The minimum Gasteiger partial charge on any atom is -0.368 e. The molecule has 0 radical (unpaired) electrons. The second-order valence-electron chi connectivity index (χ2n) is 3.76. The van der Waals surface area contributed by atoms with Gasteiger partial charge >= 0.3 is 5.91 Å². The maximum Gasteiger partial charge on any atom is 0.301 e. The molecule has 1 amide bonds. The highest BCUT2D eigenvalue weighted by molar-refractivity contribution is 6.73. The second-order valence-corrected chi connectivity index (χ2v) is 3.76. The molecule has 0 atom stereocenters. The number of nitrogens with two attached hydrogens (primary N) is 1. The van der Waals surface area contributed by atoms with Gasteiger partial charge in [-0.15, -0.1) is 0 Å². The monoisotopic (exact) mass is 227 g/mol. The van der Waals surface area contributed by atoms with Crippen molar-refractivity contribution in [2.45, 2.75) is 6.42 Å². The van der Waals surface area contributed by atoms with Crippen molar-refractivity contribution in [3.8, 4) is 0 Å². The van der Waals surface area contributed by atoms with Gasteiger partial charge in [-0.3, -0.25) is 4.79 Å². The summed E-state index contributed by atoms with van der Waals surface area (Å²) in [6, 6.07) is 1.96. The molecule has 3 rings (SSSR count). The van der Waals surface area contributed by atoms with Gasteiger partial charge in [-0.05, 0) is 11.6 Å². The SMILES string of the molecule is NC1=NC(=O)C2=NC=C(Cc3cc[nH]c3)C2=N1. The van der Waals surface area contributed by atoms with Crippen LogP contribution in [0.25, 0.3) is 0 Å². The number of carbonyl (C=O) groups excluding carboxylic acids is 1. The third-order valence-electron chi connectivity index (χ3n) is 2.58. The van der Waals surface area contributed by atoms with Gasteiger partial charge < -0.3 is 10.7 Å². The smallest absolute Gasteiger partial charge is 0.301 e. The molecule has 0 aliphatic carbocycles. The largest absolute Gasteiger partial charge is 0.368 e. The highest BCUT2D eigenvalue weighted by Gasteiger charge is 2.29. The van der Waals surface area contributed by atoms with Crippen LogP contribution in [-0.4, -0.2) is 28.3 Å². The van der Waals surface area contributed by atoms with Gasteiger partial charge in [0.1, 0.15) is 5.71 Å². The van der Waals surface area contributed by atoms with Crippen LogP contribution in [0.4, 0.5) is 0 Å². The van der Waals surface area contributed by atoms with E-state index < -0.39 is 5.91 Å². The molecule has 2 aliphatic heterocycles. The highest BCUT2D eigenvalue weighted by atomic mass is 16.1. The van der Waals surface area contributed by atoms with Crippen LogP contribution in [-0.2, 0) is 11.2 Å². The quantitative estimate of drug-likeness (QED) is 0.754. The van der Waals surface area contributed by atoms with E-state index in [2.05, 4.69) is 20.0 Å². The van der Waals surface area contributed by atoms with E-state index in [0.717, 1.165) is 11.1 Å². The molecule has 1 aromatic heterocycles. The number of aliphatic imine (C=N–C) groups is 3. The predicted molar refractivity (Wildman–Crippen MR) is 64.1 cm³/mol. The summed E-state index contributed by atoms with van der Waals surface area (Å²) in [6.45, 7) is 0. The van der Waals surface area contributed by atoms with Gasteiger partial charge in [0.2, 0.25) is 5.96 Å². The van der Waals surface area contributed by atoms with E-state index in [1.54, 1.807) is 6.20 Å². The second kappa shape index (κ2) is 3.51. The van der Waals surface area contributed by atoms with Crippen LogP contribution in [0.3, 0.4) is 0 Å². The lowest BCUT2D eigenvalue weighted by Gasteiger charge is -2.08. The molecule has 1 aromatic rings. The van der Waals surface area contributed by atoms with Crippen molar-refractivity contribution in [2.24, 2.45) is 20.7 Å². The molecule has 6 nitrogen and oxygen atoms in total. The molecule has 6 heteroatoms. The number of guanidine groups is 1. The number of aromatic nitrogens is 1. The molecule has 84 valence electrons. The molecule has 0 saturated heterocycles. The Bertz CT molecular complexity index is 604. The van der Waals surface area contributed by atoms with Gasteiger partial charge in [-0.1, -0.05) is 0 Å². The number of nitrogens with zero attached hydrogens (tertiary/aromatic N) is 3. The topological polar surface area (TPSA) is 96.0 Å². The first-order valence-electron chi connectivity index (χ1n) is 5.10. The van der Waals surface area contributed by atoms with Gasteiger partial charge in [0.05, 0.1) is 0 Å². The number of nitrogens with one attached hydrogen (secondary N) is 1. The Hall–Kier alpha value is -2.50. The molecule has 0 bridgehead atoms. The zero-order valence-electron chi connectivity index (χ0n) is 8.84. The molecular formula is C11H9N5O. The number of aromatic amines is 1. The van der Waals surface area contributed by atoms with Crippen LogP contribution < -0.4 is 5.73 Å². The lowest BCUT2D eigenvalue weighted by Crippen LogP contribution is -2.31. The molecule has 0 spiro atoms. The number of amides is 1. The molecule has 0 fully saturated rings. The third-order valence-corrected chi connectivity index (χ3v) is 2.58. The number of allylic oxidation sites excluding steroid dienone is 1. The van der Waals surface area contributed by atoms with E-state index in [0.29, 0.717) is 12.1 Å². The number of hydrogen-bond donors (Lipinski definition) is 2. The van der Waals surface area contributed by atoms with Gasteiger partial charge in [0, 0.05) is 30.6 Å². The molecule has 3 N–H and O–H groups in total. The third kappa shape index (κ3) is 1.59. The first kappa shape index (κ1) is 9.71. The van der Waals surface area contributed by atoms with E-state index >= 15 is 0 Å². The highest BCUT2D eigenvalue weighted by Crippen LogP contribution is 2.18. The Labute approximate surface area is 96.7 Å². The standard InChI is InChI=1S/C11H9N5O/c12-11-15-8-7(3-6-1-2-13-4-6)5-14-9(8)10(17)16-11/h1-2,4-5,13H,3H2,(H2,12,16,17). The van der Waals surface area contributed by atoms with Crippen molar-refractivity contribution in [3.63, 3.8) is 0 Å². The molecule has 3 heterocycles. The summed E-state index contributed by atoms with van der Waals surface area (Å²) in [4.78, 5) is 26.2. The van der Waals surface area contributed by atoms with Crippen LogP contribution in [0, 0.1) is 0 Å². The van der Waals surface area contributed by atoms with Gasteiger partial charge in [0.25, 0.3) is 0 Å². The average molecular weight is 227 g/mol. The Morgan fingerprint density at radius 3 is 2.94 bits per heavy atom. The summed E-state index contributed by atoms with van der Waals surface area (Å²) in [5.74, 6) is -0.432. The van der Waals surface area contributed by atoms with Gasteiger partial charge in [0.15, 0.2) is 5.71 Å². The number of rotatable bonds is 2. The van der Waals surface area contributed by atoms with Crippen molar-refractivity contribution in [3.05, 3.63) is 35.8 Å². The summed E-state index contributed by atoms with van der Waals surface area (Å²) in [5, 5.41) is 0. The van der Waals surface area contributed by atoms with Crippen LogP contribution in [0.2, 0.25) is 0 Å². The first-order valence-corrected chi connectivity index (χ1v) is 5.10. The molecule has 17 heavy (non-hydrogen) atoms. The van der Waals surface area contributed by atoms with E-state index in [9.17, 15) is 4.79 Å². The van der Waals surface area contributed by atoms with E-state index in [-0.39, 0.29) is 11.7 Å². The number of fused-ring (bicyclic) bond motifs is 1. The van der Waals surface area contributed by atoms with Gasteiger partial charge in [-0.2, -0.15) is 4.99 Å². The van der Waals surface area contributed by atoms with E-state index in [1.165, 1.54) is 0 Å². The number of hydrogen-bond acceptors (Lipinski definition) is 4. The van der Waals surface area contributed by atoms with Crippen molar-refractivity contribution >= 4 is 23.3 Å².